The molecule has 61 heavy (non-hydrogen) atoms. The van der Waals surface area contributed by atoms with Crippen molar-refractivity contribution in [2.24, 2.45) is 59.2 Å². The Bertz CT molecular complexity index is 1630. The molecule has 0 aromatic carbocycles. The van der Waals surface area contributed by atoms with Gasteiger partial charge in [0, 0.05) is 11.9 Å². The van der Waals surface area contributed by atoms with Crippen LogP contribution in [-0.2, 0) is 71.7 Å². The summed E-state index contributed by atoms with van der Waals surface area (Å²) in [6.45, 7) is 16.8. The van der Waals surface area contributed by atoms with Crippen molar-refractivity contribution in [1.82, 2.24) is 0 Å². The Labute approximate surface area is 441 Å². The van der Waals surface area contributed by atoms with Crippen molar-refractivity contribution >= 4 is 48.3 Å². The molecule has 17 nitrogen and oxygen atoms in total. The zero-order valence-electron chi connectivity index (χ0n) is 35.0. The van der Waals surface area contributed by atoms with E-state index >= 15 is 0 Å². The summed E-state index contributed by atoms with van der Waals surface area (Å²) in [6.07, 6.45) is 16.8. The first-order valence-electron chi connectivity index (χ1n) is 17.2. The molecule has 5 fully saturated rings. The summed E-state index contributed by atoms with van der Waals surface area (Å²) < 4.78 is 21.1. The van der Waals surface area contributed by atoms with Crippen molar-refractivity contribution in [3.63, 3.8) is 0 Å². The Hall–Kier alpha value is -1.95. The fourth-order valence-electron chi connectivity index (χ4n) is 7.52. The molecule has 5 aliphatic rings. The Morgan fingerprint density at radius 3 is 1.57 bits per heavy atom. The number of carboxylic acid groups (broad SMARTS) is 2. The number of carbonyl (C=O) groups excluding carboxylic acids is 11. The number of hydrogen-bond acceptors (Lipinski definition) is 17. The molecule has 3 saturated heterocycles. The molecule has 0 amide bonds. The zero-order chi connectivity index (χ0) is 43.4. The second-order valence-corrected chi connectivity index (χ2v) is 13.0. The molecule has 0 bridgehead atoms. The molecule has 0 aromatic heterocycles. The largest absolute Gasteiger partial charge is 1.00 e. The molecule has 3 aliphatic heterocycles. The minimum atomic E-state index is -1.21. The Kier molecular flexibility index (Phi) is 37.1. The van der Waals surface area contributed by atoms with E-state index in [9.17, 15) is 34.2 Å². The third-order valence-electron chi connectivity index (χ3n) is 10.1. The molecular formula is C40H42Na4O17. The Morgan fingerprint density at radius 1 is 0.656 bits per heavy atom. The van der Waals surface area contributed by atoms with E-state index in [2.05, 4.69) is 26.3 Å². The molecule has 2 saturated carbocycles. The third kappa shape index (κ3) is 19.0. The number of ether oxygens (including phenoxy) is 4. The van der Waals surface area contributed by atoms with E-state index in [-0.39, 0.29) is 178 Å². The van der Waals surface area contributed by atoms with E-state index in [0.29, 0.717) is 6.42 Å². The first kappa shape index (κ1) is 65.7. The van der Waals surface area contributed by atoms with Gasteiger partial charge in [-0.2, -0.15) is 28.8 Å². The van der Waals surface area contributed by atoms with Gasteiger partial charge in [-0.15, -0.1) is 44.2 Å². The van der Waals surface area contributed by atoms with Crippen LogP contribution in [0.5, 0.6) is 0 Å². The van der Waals surface area contributed by atoms with E-state index in [0.717, 1.165) is 6.42 Å². The van der Waals surface area contributed by atoms with Crippen molar-refractivity contribution in [3.05, 3.63) is 87.8 Å². The van der Waals surface area contributed by atoms with Crippen molar-refractivity contribution < 1.29 is 200 Å². The van der Waals surface area contributed by atoms with E-state index in [4.69, 9.17) is 47.7 Å². The van der Waals surface area contributed by atoms with Gasteiger partial charge in [0.05, 0.1) is 31.3 Å². The third-order valence-corrected chi connectivity index (χ3v) is 10.1. The fourth-order valence-corrected chi connectivity index (χ4v) is 7.52. The summed E-state index contributed by atoms with van der Waals surface area (Å²) in [4.78, 5) is 107. The van der Waals surface area contributed by atoms with Gasteiger partial charge in [0.15, 0.2) is 0 Å². The summed E-state index contributed by atoms with van der Waals surface area (Å²) in [6, 6.07) is 0. The van der Waals surface area contributed by atoms with Crippen LogP contribution in [0.4, 0.5) is 0 Å². The second-order valence-electron chi connectivity index (χ2n) is 13.0. The van der Waals surface area contributed by atoms with E-state index in [1.54, 1.807) is 30.7 Å². The molecule has 14 unspecified atom stereocenters. The van der Waals surface area contributed by atoms with E-state index < -0.39 is 72.0 Å². The number of carboxylic acids is 2. The quantitative estimate of drug-likeness (QED) is 0.0613. The number of methoxy groups -OCH3 is 1. The summed E-state index contributed by atoms with van der Waals surface area (Å²) >= 11 is 0. The van der Waals surface area contributed by atoms with E-state index in [1.807, 2.05) is 19.1 Å². The zero-order valence-corrected chi connectivity index (χ0v) is 43.0. The summed E-state index contributed by atoms with van der Waals surface area (Å²) in [7, 11) is 1.39. The molecule has 3 heterocycles. The topological polar surface area (TPSA) is 271 Å². The fraction of sp³-hybridized carbons (Fsp3) is 0.450. The minimum absolute atomic E-state index is 0. The van der Waals surface area contributed by atoms with Gasteiger partial charge in [-0.05, 0) is 36.2 Å². The number of rotatable bonds is 11. The molecule has 0 radical (unpaired) electrons. The SMILES string of the molecule is C=CC1CC(/C=C\C2OC(C=C)C3C(=O)OC(=O)C23)C(C(=O)OC)C1C.C=CC1[CH-]C(C(=O)[O-])C(/C=C\C2[CH-]C(C(=O)[O-])C(C=C)O2)C1.O=C=O.O=C=O.O=C=O.[Na+].[Na+].[Na+].[Na+]. The van der Waals surface area contributed by atoms with Crippen LogP contribution >= 0.6 is 0 Å². The maximum Gasteiger partial charge on any atom is 1.00 e. The number of aliphatic carboxylic acids is 2. The molecule has 308 valence electrons. The molecular weight excluding hydrogens is 844 g/mol. The number of carbonyl (C=O) groups is 5. The molecule has 14 atom stereocenters. The van der Waals surface area contributed by atoms with Crippen LogP contribution in [0.3, 0.4) is 0 Å². The number of esters is 3. The van der Waals surface area contributed by atoms with Gasteiger partial charge in [-0.25, -0.2) is 0 Å². The smallest absolute Gasteiger partial charge is 0.553 e. The number of hydrogen-bond donors (Lipinski definition) is 0. The van der Waals surface area contributed by atoms with Gasteiger partial charge in [0.1, 0.15) is 11.8 Å². The predicted molar refractivity (Wildman–Crippen MR) is 183 cm³/mol. The van der Waals surface area contributed by atoms with Crippen LogP contribution in [0.15, 0.2) is 74.9 Å². The standard InChI is InChI=1S/C20H24O6.C17H20O5.3CO2.4Na/c1-5-11-9-12(15(10(11)3)18(21)24-4)7-8-14-17-16(13(6-2)25-14)19(22)26-20(17)23;1-3-10-7-11(13(8-10)16(18)19)5-6-12-9-14(17(20)21)15(4-2)22-12;3*2-1-3;;;;/h5-8,10-17H,1-2,9H2,3-4H3;3-6,8-15H,1-2,7H2,(H,18,19)(H,20,21);;;;;;;/q;-2;;;;4*+1/p-2/b8-7-;6-5-;;;;;;;. The van der Waals surface area contributed by atoms with Crippen LogP contribution < -0.4 is 128 Å². The van der Waals surface area contributed by atoms with Gasteiger partial charge in [-0.3, -0.25) is 20.8 Å². The molecule has 0 N–H and O–H groups in total. The van der Waals surface area contributed by atoms with Crippen molar-refractivity contribution in [1.29, 1.82) is 0 Å². The van der Waals surface area contributed by atoms with Gasteiger partial charge in [0.25, 0.3) is 0 Å². The molecule has 0 aromatic rings. The predicted octanol–water partition coefficient (Wildman–Crippen LogP) is -12.2. The first-order valence-corrected chi connectivity index (χ1v) is 17.2. The van der Waals surface area contributed by atoms with Gasteiger partial charge in [-0.1, -0.05) is 61.8 Å². The monoisotopic (exact) mass is 886 g/mol. The van der Waals surface area contributed by atoms with E-state index in [1.165, 1.54) is 25.7 Å². The van der Waals surface area contributed by atoms with Crippen LogP contribution in [0.2, 0.25) is 0 Å². The van der Waals surface area contributed by atoms with Crippen LogP contribution in [-0.4, -0.2) is 79.8 Å². The summed E-state index contributed by atoms with van der Waals surface area (Å²) in [5, 5.41) is 22.2. The number of cyclic esters (lactones) is 2. The van der Waals surface area contributed by atoms with Crippen molar-refractivity contribution in [3.8, 4) is 0 Å². The van der Waals surface area contributed by atoms with Crippen molar-refractivity contribution in [2.45, 2.75) is 44.2 Å². The molecule has 21 heteroatoms. The van der Waals surface area contributed by atoms with Crippen LogP contribution in [0.1, 0.15) is 19.8 Å². The van der Waals surface area contributed by atoms with Gasteiger partial charge < -0.3 is 45.2 Å². The Morgan fingerprint density at radius 2 is 1.15 bits per heavy atom. The second kappa shape index (κ2) is 34.5. The van der Waals surface area contributed by atoms with Crippen LogP contribution in [0.25, 0.3) is 0 Å². The summed E-state index contributed by atoms with van der Waals surface area (Å²) in [5.41, 5.74) is 0. The molecule has 0 spiro atoms. The average Bonchev–Trinajstić information content (AvgIpc) is 3.99. The van der Waals surface area contributed by atoms with Gasteiger partial charge in [0.2, 0.25) is 0 Å². The Balaban J connectivity index is -0.000000426. The van der Waals surface area contributed by atoms with Crippen LogP contribution in [0, 0.1) is 72.0 Å². The van der Waals surface area contributed by atoms with Crippen molar-refractivity contribution in [2.75, 3.05) is 7.11 Å². The minimum Gasteiger partial charge on any atom is -0.553 e. The molecule has 2 aliphatic carbocycles. The maximum atomic E-state index is 12.2. The summed E-state index contributed by atoms with van der Waals surface area (Å²) in [5.74, 6) is -6.70. The number of allylic oxidation sites excluding steroid dienone is 4. The molecule has 5 rings (SSSR count). The average molecular weight is 887 g/mol. The number of fused-ring (bicyclic) bond motifs is 1. The maximum absolute atomic E-state index is 12.2. The first-order chi connectivity index (χ1) is 27.1. The van der Waals surface area contributed by atoms with Gasteiger partial charge >= 0.3 is 155 Å². The normalized spacial score (nSPS) is 32.0.